The summed E-state index contributed by atoms with van der Waals surface area (Å²) < 4.78 is 0. The molecule has 1 aliphatic rings. The summed E-state index contributed by atoms with van der Waals surface area (Å²) in [5.41, 5.74) is 1.02. The van der Waals surface area contributed by atoms with E-state index in [1.807, 2.05) is 25.3 Å². The van der Waals surface area contributed by atoms with Gasteiger partial charge in [0.15, 0.2) is 0 Å². The molecule has 1 aliphatic heterocycles. The third kappa shape index (κ3) is 2.16. The Kier molecular flexibility index (Phi) is 2.88. The summed E-state index contributed by atoms with van der Waals surface area (Å²) >= 11 is 0. The van der Waals surface area contributed by atoms with E-state index in [9.17, 15) is 0 Å². The van der Waals surface area contributed by atoms with Crippen molar-refractivity contribution >= 4 is 5.95 Å². The molecule has 3 rings (SSSR count). The minimum Gasteiger partial charge on any atom is -0.340 e. The molecule has 0 amide bonds. The second-order valence-corrected chi connectivity index (χ2v) is 4.54. The van der Waals surface area contributed by atoms with Gasteiger partial charge in [0.2, 0.25) is 5.95 Å². The third-order valence-electron chi connectivity index (χ3n) is 3.20. The van der Waals surface area contributed by atoms with Crippen LogP contribution in [-0.2, 0) is 0 Å². The molecule has 5 heteroatoms. The van der Waals surface area contributed by atoms with E-state index in [1.54, 1.807) is 12.4 Å². The fourth-order valence-corrected chi connectivity index (χ4v) is 2.27. The monoisotopic (exact) mass is 241 g/mol. The minimum absolute atomic E-state index is 0.383. The van der Waals surface area contributed by atoms with Crippen LogP contribution in [-0.4, -0.2) is 33.0 Å². The van der Waals surface area contributed by atoms with Crippen LogP contribution in [0.4, 0.5) is 5.95 Å². The smallest absolute Gasteiger partial charge is 0.225 e. The van der Waals surface area contributed by atoms with E-state index in [0.29, 0.717) is 5.92 Å². The van der Waals surface area contributed by atoms with Gasteiger partial charge in [0.25, 0.3) is 0 Å². The Morgan fingerprint density at radius 2 is 2.00 bits per heavy atom. The summed E-state index contributed by atoms with van der Waals surface area (Å²) in [5.74, 6) is 2.12. The first kappa shape index (κ1) is 11.1. The highest BCUT2D eigenvalue weighted by atomic mass is 15.3. The van der Waals surface area contributed by atoms with Gasteiger partial charge in [-0.1, -0.05) is 0 Å². The molecule has 2 aromatic heterocycles. The van der Waals surface area contributed by atoms with Crippen molar-refractivity contribution in [3.8, 4) is 0 Å². The van der Waals surface area contributed by atoms with Gasteiger partial charge in [0.05, 0.1) is 0 Å². The largest absolute Gasteiger partial charge is 0.340 e. The fourth-order valence-electron chi connectivity index (χ4n) is 2.27. The molecule has 5 nitrogen and oxygen atoms in total. The SMILES string of the molecule is Cc1ccnc([C@@H]2CCN(c3ncccn3)C2)n1. The van der Waals surface area contributed by atoms with Crippen molar-refractivity contribution < 1.29 is 0 Å². The third-order valence-corrected chi connectivity index (χ3v) is 3.20. The van der Waals surface area contributed by atoms with Crippen molar-refractivity contribution in [2.24, 2.45) is 0 Å². The summed E-state index contributed by atoms with van der Waals surface area (Å²) in [7, 11) is 0. The second kappa shape index (κ2) is 4.68. The summed E-state index contributed by atoms with van der Waals surface area (Å²) in [6.07, 6.45) is 6.44. The highest BCUT2D eigenvalue weighted by molar-refractivity contribution is 5.32. The lowest BCUT2D eigenvalue weighted by Gasteiger charge is -2.15. The lowest BCUT2D eigenvalue weighted by molar-refractivity contribution is 0.703. The number of aromatic nitrogens is 4. The molecule has 0 radical (unpaired) electrons. The Balaban J connectivity index is 1.76. The molecule has 3 heterocycles. The zero-order valence-electron chi connectivity index (χ0n) is 10.3. The maximum Gasteiger partial charge on any atom is 0.225 e. The van der Waals surface area contributed by atoms with Gasteiger partial charge in [-0.15, -0.1) is 0 Å². The molecular formula is C13H15N5. The van der Waals surface area contributed by atoms with Crippen LogP contribution in [0.5, 0.6) is 0 Å². The molecule has 0 spiro atoms. The maximum absolute atomic E-state index is 4.50. The van der Waals surface area contributed by atoms with E-state index in [1.165, 1.54) is 0 Å². The van der Waals surface area contributed by atoms with Gasteiger partial charge in [-0.3, -0.25) is 0 Å². The molecule has 92 valence electrons. The molecular weight excluding hydrogens is 226 g/mol. The van der Waals surface area contributed by atoms with Crippen molar-refractivity contribution in [3.63, 3.8) is 0 Å². The molecule has 0 unspecified atom stereocenters. The van der Waals surface area contributed by atoms with Gasteiger partial charge in [0, 0.05) is 43.3 Å². The number of rotatable bonds is 2. The zero-order valence-corrected chi connectivity index (χ0v) is 10.3. The number of nitrogens with zero attached hydrogens (tertiary/aromatic N) is 5. The van der Waals surface area contributed by atoms with Crippen LogP contribution < -0.4 is 4.90 Å². The predicted molar refractivity (Wildman–Crippen MR) is 68.4 cm³/mol. The molecule has 0 aromatic carbocycles. The van der Waals surface area contributed by atoms with Crippen molar-refractivity contribution in [1.29, 1.82) is 0 Å². The lowest BCUT2D eigenvalue weighted by atomic mass is 10.1. The first-order valence-electron chi connectivity index (χ1n) is 6.14. The van der Waals surface area contributed by atoms with Gasteiger partial charge < -0.3 is 4.90 Å². The summed E-state index contributed by atoms with van der Waals surface area (Å²) in [4.78, 5) is 19.6. The number of aryl methyl sites for hydroxylation is 1. The van der Waals surface area contributed by atoms with Crippen LogP contribution in [0.3, 0.4) is 0 Å². The highest BCUT2D eigenvalue weighted by Gasteiger charge is 2.27. The van der Waals surface area contributed by atoms with E-state index < -0.39 is 0 Å². The Labute approximate surface area is 106 Å². The normalized spacial score (nSPS) is 19.2. The Hall–Kier alpha value is -2.04. The maximum atomic E-state index is 4.50. The van der Waals surface area contributed by atoms with Gasteiger partial charge in [-0.05, 0) is 25.5 Å². The van der Waals surface area contributed by atoms with Gasteiger partial charge in [0.1, 0.15) is 5.82 Å². The van der Waals surface area contributed by atoms with Gasteiger partial charge in [-0.2, -0.15) is 0 Å². The average molecular weight is 241 g/mol. The summed E-state index contributed by atoms with van der Waals surface area (Å²) in [5, 5.41) is 0. The minimum atomic E-state index is 0.383. The van der Waals surface area contributed by atoms with E-state index in [2.05, 4.69) is 24.8 Å². The van der Waals surface area contributed by atoms with Crippen LogP contribution in [0, 0.1) is 6.92 Å². The molecule has 0 N–H and O–H groups in total. The van der Waals surface area contributed by atoms with E-state index in [4.69, 9.17) is 0 Å². The van der Waals surface area contributed by atoms with Gasteiger partial charge >= 0.3 is 0 Å². The van der Waals surface area contributed by atoms with Crippen molar-refractivity contribution in [1.82, 2.24) is 19.9 Å². The second-order valence-electron chi connectivity index (χ2n) is 4.54. The zero-order chi connectivity index (χ0) is 12.4. The van der Waals surface area contributed by atoms with Crippen LogP contribution in [0.1, 0.15) is 23.9 Å². The van der Waals surface area contributed by atoms with Crippen LogP contribution in [0.2, 0.25) is 0 Å². The number of hydrogen-bond donors (Lipinski definition) is 0. The molecule has 0 aliphatic carbocycles. The predicted octanol–water partition coefficient (Wildman–Crippen LogP) is 1.57. The standard InChI is InChI=1S/C13H15N5/c1-10-3-7-14-12(17-10)11-4-8-18(9-11)13-15-5-2-6-16-13/h2-3,5-7,11H,4,8-9H2,1H3/t11-/m1/s1. The molecule has 2 aromatic rings. The van der Waals surface area contributed by atoms with Crippen molar-refractivity contribution in [2.45, 2.75) is 19.3 Å². The first-order chi connectivity index (χ1) is 8.83. The lowest BCUT2D eigenvalue weighted by Crippen LogP contribution is -2.21. The van der Waals surface area contributed by atoms with Gasteiger partial charge in [-0.25, -0.2) is 19.9 Å². The number of anilines is 1. The first-order valence-corrected chi connectivity index (χ1v) is 6.14. The Bertz CT molecular complexity index is 528. The van der Waals surface area contributed by atoms with E-state index >= 15 is 0 Å². The topological polar surface area (TPSA) is 54.8 Å². The summed E-state index contributed by atoms with van der Waals surface area (Å²) in [6.45, 7) is 3.86. The molecule has 0 saturated carbocycles. The van der Waals surface area contributed by atoms with Crippen molar-refractivity contribution in [2.75, 3.05) is 18.0 Å². The van der Waals surface area contributed by atoms with E-state index in [-0.39, 0.29) is 0 Å². The molecule has 18 heavy (non-hydrogen) atoms. The van der Waals surface area contributed by atoms with Crippen molar-refractivity contribution in [3.05, 3.63) is 42.2 Å². The highest BCUT2D eigenvalue weighted by Crippen LogP contribution is 2.26. The molecule has 1 saturated heterocycles. The molecule has 0 bridgehead atoms. The molecule has 1 atom stereocenters. The quantitative estimate of drug-likeness (QED) is 0.798. The Morgan fingerprint density at radius 1 is 1.17 bits per heavy atom. The molecule has 1 fully saturated rings. The van der Waals surface area contributed by atoms with Crippen LogP contribution >= 0.6 is 0 Å². The van der Waals surface area contributed by atoms with Crippen LogP contribution in [0.25, 0.3) is 0 Å². The van der Waals surface area contributed by atoms with Crippen LogP contribution in [0.15, 0.2) is 30.7 Å². The average Bonchev–Trinajstić information content (AvgIpc) is 2.89. The van der Waals surface area contributed by atoms with E-state index in [0.717, 1.165) is 37.0 Å². The Morgan fingerprint density at radius 3 is 2.78 bits per heavy atom. The number of hydrogen-bond acceptors (Lipinski definition) is 5. The fraction of sp³-hybridized carbons (Fsp3) is 0.385. The summed E-state index contributed by atoms with van der Waals surface area (Å²) in [6, 6.07) is 3.76.